The van der Waals surface area contributed by atoms with Crippen molar-refractivity contribution < 1.29 is 4.74 Å². The van der Waals surface area contributed by atoms with Gasteiger partial charge < -0.3 is 15.0 Å². The Balaban J connectivity index is 1.61. The summed E-state index contributed by atoms with van der Waals surface area (Å²) in [5, 5.41) is 7.67. The molecule has 140 valence electrons. The normalized spacial score (nSPS) is 18.2. The van der Waals surface area contributed by atoms with E-state index in [0.717, 1.165) is 51.7 Å². The number of nitrogens with one attached hydrogen (secondary N) is 1. The fraction of sp³-hybridized carbons (Fsp3) is 0.500. The van der Waals surface area contributed by atoms with Gasteiger partial charge in [0.2, 0.25) is 0 Å². The van der Waals surface area contributed by atoms with Gasteiger partial charge in [-0.1, -0.05) is 24.3 Å². The molecule has 1 aromatic heterocycles. The highest BCUT2D eigenvalue weighted by Gasteiger charge is 2.25. The van der Waals surface area contributed by atoms with Crippen LogP contribution in [-0.4, -0.2) is 53.4 Å². The summed E-state index contributed by atoms with van der Waals surface area (Å²) in [4.78, 5) is 7.14. The first-order valence-electron chi connectivity index (χ1n) is 9.45. The van der Waals surface area contributed by atoms with Gasteiger partial charge in [-0.15, -0.1) is 0 Å². The lowest BCUT2D eigenvalue weighted by Crippen LogP contribution is -2.48. The molecule has 1 atom stereocenters. The first-order valence-corrected chi connectivity index (χ1v) is 9.45. The van der Waals surface area contributed by atoms with Crippen LogP contribution in [0, 0.1) is 6.92 Å². The van der Waals surface area contributed by atoms with Gasteiger partial charge in [0.15, 0.2) is 5.96 Å². The van der Waals surface area contributed by atoms with Crippen molar-refractivity contribution >= 4 is 5.96 Å². The Morgan fingerprint density at radius 3 is 3.00 bits per heavy atom. The van der Waals surface area contributed by atoms with Crippen LogP contribution in [0.25, 0.3) is 0 Å². The average Bonchev–Trinajstić information content (AvgIpc) is 3.18. The number of benzene rings is 1. The van der Waals surface area contributed by atoms with Crippen molar-refractivity contribution in [3.8, 4) is 0 Å². The van der Waals surface area contributed by atoms with Crippen molar-refractivity contribution in [3.63, 3.8) is 0 Å². The summed E-state index contributed by atoms with van der Waals surface area (Å²) in [6.45, 7) is 9.22. The van der Waals surface area contributed by atoms with E-state index in [-0.39, 0.29) is 6.10 Å². The van der Waals surface area contributed by atoms with Gasteiger partial charge in [-0.25, -0.2) is 0 Å². The number of guanidine groups is 1. The van der Waals surface area contributed by atoms with E-state index in [0.29, 0.717) is 0 Å². The highest BCUT2D eigenvalue weighted by Crippen LogP contribution is 2.24. The Morgan fingerprint density at radius 1 is 1.35 bits per heavy atom. The number of ether oxygens (including phenoxy) is 1. The van der Waals surface area contributed by atoms with E-state index < -0.39 is 0 Å². The summed E-state index contributed by atoms with van der Waals surface area (Å²) in [7, 11) is 0. The largest absolute Gasteiger partial charge is 0.370 e. The van der Waals surface area contributed by atoms with Gasteiger partial charge in [-0.2, -0.15) is 5.10 Å². The van der Waals surface area contributed by atoms with Crippen LogP contribution >= 0.6 is 0 Å². The number of aliphatic imine (C=N–C) groups is 1. The number of hydrogen-bond donors (Lipinski definition) is 1. The van der Waals surface area contributed by atoms with E-state index in [1.807, 2.05) is 23.1 Å². The molecule has 0 saturated carbocycles. The van der Waals surface area contributed by atoms with Crippen molar-refractivity contribution in [1.82, 2.24) is 20.0 Å². The van der Waals surface area contributed by atoms with Crippen molar-refractivity contribution in [2.45, 2.75) is 32.9 Å². The lowest BCUT2D eigenvalue weighted by atomic mass is 10.0. The van der Waals surface area contributed by atoms with E-state index in [2.05, 4.69) is 53.4 Å². The van der Waals surface area contributed by atoms with Crippen LogP contribution in [0.5, 0.6) is 0 Å². The van der Waals surface area contributed by atoms with E-state index >= 15 is 0 Å². The predicted octanol–water partition coefficient (Wildman–Crippen LogP) is 2.62. The molecule has 0 aliphatic carbocycles. The van der Waals surface area contributed by atoms with Crippen molar-refractivity contribution in [2.24, 2.45) is 4.99 Å². The maximum absolute atomic E-state index is 6.04. The molecule has 26 heavy (non-hydrogen) atoms. The van der Waals surface area contributed by atoms with Crippen LogP contribution in [0.15, 0.2) is 47.7 Å². The zero-order valence-corrected chi connectivity index (χ0v) is 15.8. The third-order valence-electron chi connectivity index (χ3n) is 4.60. The van der Waals surface area contributed by atoms with Crippen LogP contribution in [0.2, 0.25) is 0 Å². The van der Waals surface area contributed by atoms with E-state index in [1.165, 1.54) is 11.1 Å². The fourth-order valence-electron chi connectivity index (χ4n) is 3.25. The zero-order chi connectivity index (χ0) is 18.2. The molecule has 0 bridgehead atoms. The van der Waals surface area contributed by atoms with Crippen LogP contribution in [-0.2, 0) is 11.3 Å². The highest BCUT2D eigenvalue weighted by molar-refractivity contribution is 5.80. The van der Waals surface area contributed by atoms with Crippen molar-refractivity contribution in [1.29, 1.82) is 0 Å². The summed E-state index contributed by atoms with van der Waals surface area (Å²) >= 11 is 0. The summed E-state index contributed by atoms with van der Waals surface area (Å²) in [6.07, 6.45) is 4.87. The van der Waals surface area contributed by atoms with Crippen LogP contribution in [0.1, 0.15) is 30.6 Å². The third kappa shape index (κ3) is 4.85. The lowest BCUT2D eigenvalue weighted by molar-refractivity contribution is -0.00832. The van der Waals surface area contributed by atoms with E-state index in [9.17, 15) is 0 Å². The molecule has 0 amide bonds. The number of aryl methyl sites for hydroxylation is 2. The molecule has 2 heterocycles. The van der Waals surface area contributed by atoms with Crippen molar-refractivity contribution in [3.05, 3.63) is 53.9 Å². The van der Waals surface area contributed by atoms with Crippen LogP contribution < -0.4 is 5.32 Å². The molecule has 2 aromatic rings. The van der Waals surface area contributed by atoms with Gasteiger partial charge in [0.25, 0.3) is 0 Å². The predicted molar refractivity (Wildman–Crippen MR) is 104 cm³/mol. The molecule has 1 aliphatic heterocycles. The summed E-state index contributed by atoms with van der Waals surface area (Å²) in [6, 6.07) is 10.4. The molecule has 1 N–H and O–H groups in total. The number of morpholine rings is 1. The fourth-order valence-corrected chi connectivity index (χ4v) is 3.25. The molecule has 0 radical (unpaired) electrons. The third-order valence-corrected chi connectivity index (χ3v) is 4.60. The average molecular weight is 355 g/mol. The minimum Gasteiger partial charge on any atom is -0.370 e. The topological polar surface area (TPSA) is 54.7 Å². The Morgan fingerprint density at radius 2 is 2.23 bits per heavy atom. The second kappa shape index (κ2) is 9.38. The zero-order valence-electron chi connectivity index (χ0n) is 15.8. The molecule has 1 saturated heterocycles. The first kappa shape index (κ1) is 18.5. The maximum Gasteiger partial charge on any atom is 0.194 e. The number of rotatable bonds is 6. The first-order chi connectivity index (χ1) is 12.8. The van der Waals surface area contributed by atoms with Crippen LogP contribution in [0.4, 0.5) is 0 Å². The molecular formula is C20H29N5O. The minimum atomic E-state index is 0.0953. The molecule has 0 spiro atoms. The maximum atomic E-state index is 6.04. The molecular weight excluding hydrogens is 326 g/mol. The second-order valence-electron chi connectivity index (χ2n) is 6.52. The van der Waals surface area contributed by atoms with Gasteiger partial charge in [-0.05, 0) is 37.5 Å². The SMILES string of the molecule is CCNC(=NCCCn1cccn1)N1CCOC(c2ccccc2C)C1. The lowest BCUT2D eigenvalue weighted by Gasteiger charge is -2.35. The molecule has 3 rings (SSSR count). The quantitative estimate of drug-likeness (QED) is 0.492. The second-order valence-corrected chi connectivity index (χ2v) is 6.52. The van der Waals surface area contributed by atoms with Crippen LogP contribution in [0.3, 0.4) is 0 Å². The molecule has 1 unspecified atom stereocenters. The number of aromatic nitrogens is 2. The van der Waals surface area contributed by atoms with E-state index in [1.54, 1.807) is 0 Å². The molecule has 1 aliphatic rings. The standard InChI is InChI=1S/C20H29N5O/c1-3-21-20(22-10-6-12-25-13-7-11-23-25)24-14-15-26-19(16-24)18-9-5-4-8-17(18)2/h4-5,7-9,11,13,19H,3,6,10,12,14-16H2,1-2H3,(H,21,22). The van der Waals surface area contributed by atoms with Gasteiger partial charge >= 0.3 is 0 Å². The van der Waals surface area contributed by atoms with Gasteiger partial charge in [0, 0.05) is 38.6 Å². The molecule has 6 heteroatoms. The minimum absolute atomic E-state index is 0.0953. The Hall–Kier alpha value is -2.34. The van der Waals surface area contributed by atoms with Gasteiger partial charge in [0.1, 0.15) is 6.10 Å². The Kier molecular flexibility index (Phi) is 6.66. The molecule has 1 aromatic carbocycles. The summed E-state index contributed by atoms with van der Waals surface area (Å²) < 4.78 is 7.99. The number of hydrogen-bond acceptors (Lipinski definition) is 3. The van der Waals surface area contributed by atoms with Gasteiger partial charge in [0.05, 0.1) is 13.2 Å². The summed E-state index contributed by atoms with van der Waals surface area (Å²) in [5.41, 5.74) is 2.55. The van der Waals surface area contributed by atoms with E-state index in [4.69, 9.17) is 9.73 Å². The Bertz CT molecular complexity index is 698. The molecule has 6 nitrogen and oxygen atoms in total. The Labute approximate surface area is 155 Å². The number of nitrogens with zero attached hydrogens (tertiary/aromatic N) is 4. The highest BCUT2D eigenvalue weighted by atomic mass is 16.5. The molecule has 1 fully saturated rings. The van der Waals surface area contributed by atoms with Gasteiger partial charge in [-0.3, -0.25) is 9.67 Å². The van der Waals surface area contributed by atoms with Crippen molar-refractivity contribution in [2.75, 3.05) is 32.8 Å². The smallest absolute Gasteiger partial charge is 0.194 e. The summed E-state index contributed by atoms with van der Waals surface area (Å²) in [5.74, 6) is 0.981. The monoisotopic (exact) mass is 355 g/mol.